The first-order valence-corrected chi connectivity index (χ1v) is 11.8. The third-order valence-electron chi connectivity index (χ3n) is 5.28. The quantitative estimate of drug-likeness (QED) is 0.593. The van der Waals surface area contributed by atoms with Crippen LogP contribution in [0.3, 0.4) is 0 Å². The number of nitrogens with zero attached hydrogens (tertiary/aromatic N) is 1. The van der Waals surface area contributed by atoms with Crippen molar-refractivity contribution in [3.63, 3.8) is 0 Å². The summed E-state index contributed by atoms with van der Waals surface area (Å²) in [6, 6.07) is 21.4. The van der Waals surface area contributed by atoms with Crippen LogP contribution >= 0.6 is 0 Å². The summed E-state index contributed by atoms with van der Waals surface area (Å²) in [5.74, 6) is 0.658. The van der Waals surface area contributed by atoms with Gasteiger partial charge in [-0.2, -0.15) is 0 Å². The van der Waals surface area contributed by atoms with Gasteiger partial charge in [0, 0.05) is 23.5 Å². The number of hydrogen-bond acceptors (Lipinski definition) is 4. The number of carbonyl (C=O) groups is 1. The Hall–Kier alpha value is -3.58. The molecule has 0 atom stereocenters. The molecule has 0 unspecified atom stereocenters. The second-order valence-electron chi connectivity index (χ2n) is 7.49. The lowest BCUT2D eigenvalue weighted by Gasteiger charge is -2.30. The molecule has 1 aliphatic heterocycles. The lowest BCUT2D eigenvalue weighted by molar-refractivity contribution is 0.0985. The van der Waals surface area contributed by atoms with E-state index in [2.05, 4.69) is 4.72 Å². The molecule has 0 saturated heterocycles. The monoisotopic (exact) mass is 448 g/mol. The van der Waals surface area contributed by atoms with Gasteiger partial charge in [-0.05, 0) is 72.5 Å². The summed E-state index contributed by atoms with van der Waals surface area (Å²) < 4.78 is 32.5. The van der Waals surface area contributed by atoms with Crippen molar-refractivity contribution in [2.45, 2.75) is 12.8 Å². The van der Waals surface area contributed by atoms with Gasteiger partial charge in [0.05, 0.1) is 12.5 Å². The van der Waals surface area contributed by atoms with Gasteiger partial charge in [0.25, 0.3) is 15.9 Å². The molecule has 3 aromatic carbocycles. The zero-order valence-corrected chi connectivity index (χ0v) is 18.5. The van der Waals surface area contributed by atoms with Gasteiger partial charge in [-0.3, -0.25) is 9.52 Å². The molecule has 1 amide bonds. The molecule has 0 fully saturated rings. The van der Waals surface area contributed by atoms with Crippen molar-refractivity contribution in [1.29, 1.82) is 0 Å². The van der Waals surface area contributed by atoms with Crippen LogP contribution in [0, 0.1) is 0 Å². The first kappa shape index (κ1) is 21.6. The molecule has 3 aromatic rings. The van der Waals surface area contributed by atoms with E-state index in [1.165, 1.54) is 6.08 Å². The third-order valence-corrected chi connectivity index (χ3v) is 6.30. The number of rotatable bonds is 6. The molecule has 6 nitrogen and oxygen atoms in total. The standard InChI is InChI=1S/C25H24N2O4S/c1-31-23-13-14-24-21(18-23)8-5-16-27(24)25(28)20-9-11-22(12-10-20)26-32(29,30)17-15-19-6-3-2-4-7-19/h2-4,6-7,9-15,17-18,26H,5,8,16H2,1H3/b17-15+. The van der Waals surface area contributed by atoms with Gasteiger partial charge in [-0.1, -0.05) is 30.3 Å². The van der Waals surface area contributed by atoms with Crippen LogP contribution < -0.4 is 14.4 Å². The van der Waals surface area contributed by atoms with Gasteiger partial charge in [-0.25, -0.2) is 8.42 Å². The maximum absolute atomic E-state index is 13.1. The molecular weight excluding hydrogens is 424 g/mol. The molecular formula is C25H24N2O4S. The number of hydrogen-bond donors (Lipinski definition) is 1. The number of amides is 1. The summed E-state index contributed by atoms with van der Waals surface area (Å²) in [5, 5.41) is 1.13. The van der Waals surface area contributed by atoms with Crippen LogP contribution in [0.4, 0.5) is 11.4 Å². The normalized spacial score (nSPS) is 13.6. The lowest BCUT2D eigenvalue weighted by atomic mass is 10.0. The van der Waals surface area contributed by atoms with E-state index in [0.29, 0.717) is 17.8 Å². The number of methoxy groups -OCH3 is 1. The van der Waals surface area contributed by atoms with Crippen LogP contribution in [0.2, 0.25) is 0 Å². The molecule has 1 aliphatic rings. The predicted molar refractivity (Wildman–Crippen MR) is 127 cm³/mol. The first-order chi connectivity index (χ1) is 15.4. The highest BCUT2D eigenvalue weighted by Gasteiger charge is 2.24. The SMILES string of the molecule is COc1ccc2c(c1)CCCN2C(=O)c1ccc(NS(=O)(=O)/C=C/c2ccccc2)cc1. The lowest BCUT2D eigenvalue weighted by Crippen LogP contribution is -2.35. The highest BCUT2D eigenvalue weighted by molar-refractivity contribution is 7.95. The van der Waals surface area contributed by atoms with Crippen molar-refractivity contribution in [2.24, 2.45) is 0 Å². The van der Waals surface area contributed by atoms with Crippen molar-refractivity contribution < 1.29 is 17.9 Å². The van der Waals surface area contributed by atoms with E-state index < -0.39 is 10.0 Å². The molecule has 7 heteroatoms. The minimum atomic E-state index is -3.67. The van der Waals surface area contributed by atoms with Gasteiger partial charge in [0.15, 0.2) is 0 Å². The maximum atomic E-state index is 13.1. The maximum Gasteiger partial charge on any atom is 0.258 e. The molecule has 1 N–H and O–H groups in total. The summed E-state index contributed by atoms with van der Waals surface area (Å²) in [6.07, 6.45) is 3.30. The third kappa shape index (κ3) is 5.00. The Bertz CT molecular complexity index is 1240. The van der Waals surface area contributed by atoms with Gasteiger partial charge in [0.1, 0.15) is 5.75 Å². The Labute approximate surface area is 188 Å². The average molecular weight is 449 g/mol. The molecule has 164 valence electrons. The van der Waals surface area contributed by atoms with Gasteiger partial charge in [-0.15, -0.1) is 0 Å². The first-order valence-electron chi connectivity index (χ1n) is 10.3. The smallest absolute Gasteiger partial charge is 0.258 e. The fourth-order valence-electron chi connectivity index (χ4n) is 3.68. The van der Waals surface area contributed by atoms with Crippen molar-refractivity contribution in [3.8, 4) is 5.75 Å². The molecule has 4 rings (SSSR count). The van der Waals surface area contributed by atoms with E-state index in [4.69, 9.17) is 4.74 Å². The van der Waals surface area contributed by atoms with E-state index in [9.17, 15) is 13.2 Å². The van der Waals surface area contributed by atoms with Gasteiger partial charge >= 0.3 is 0 Å². The van der Waals surface area contributed by atoms with Crippen LogP contribution in [0.1, 0.15) is 27.9 Å². The van der Waals surface area contributed by atoms with E-state index in [-0.39, 0.29) is 5.91 Å². The summed E-state index contributed by atoms with van der Waals surface area (Å²) in [7, 11) is -2.05. The van der Waals surface area contributed by atoms with Crippen molar-refractivity contribution in [3.05, 3.63) is 94.9 Å². The molecule has 0 bridgehead atoms. The number of fused-ring (bicyclic) bond motifs is 1. The Morgan fingerprint density at radius 3 is 2.50 bits per heavy atom. The van der Waals surface area contributed by atoms with Crippen LogP contribution in [0.25, 0.3) is 6.08 Å². The van der Waals surface area contributed by atoms with Crippen molar-refractivity contribution >= 4 is 33.4 Å². The topological polar surface area (TPSA) is 75.7 Å². The Balaban J connectivity index is 1.47. The second-order valence-corrected chi connectivity index (χ2v) is 9.06. The number of nitrogens with one attached hydrogen (secondary N) is 1. The summed E-state index contributed by atoms with van der Waals surface area (Å²) in [6.45, 7) is 0.636. The van der Waals surface area contributed by atoms with E-state index in [1.54, 1.807) is 36.3 Å². The minimum Gasteiger partial charge on any atom is -0.497 e. The van der Waals surface area contributed by atoms with Gasteiger partial charge < -0.3 is 9.64 Å². The van der Waals surface area contributed by atoms with E-state index in [1.807, 2.05) is 48.5 Å². The molecule has 0 aliphatic carbocycles. The number of benzene rings is 3. The van der Waals surface area contributed by atoms with E-state index in [0.717, 1.165) is 40.8 Å². The molecule has 1 heterocycles. The number of anilines is 2. The van der Waals surface area contributed by atoms with Crippen LogP contribution in [-0.2, 0) is 16.4 Å². The molecule has 0 radical (unpaired) electrons. The van der Waals surface area contributed by atoms with Crippen LogP contribution in [0.15, 0.2) is 78.2 Å². The fourth-order valence-corrected chi connectivity index (χ4v) is 4.55. The van der Waals surface area contributed by atoms with Crippen molar-refractivity contribution in [1.82, 2.24) is 0 Å². The summed E-state index contributed by atoms with van der Waals surface area (Å²) in [4.78, 5) is 14.9. The molecule has 0 spiro atoms. The Kier molecular flexibility index (Phi) is 6.28. The Morgan fingerprint density at radius 2 is 1.78 bits per heavy atom. The summed E-state index contributed by atoms with van der Waals surface area (Å²) >= 11 is 0. The molecule has 32 heavy (non-hydrogen) atoms. The molecule has 0 aromatic heterocycles. The highest BCUT2D eigenvalue weighted by Crippen LogP contribution is 2.31. The van der Waals surface area contributed by atoms with Gasteiger partial charge in [0.2, 0.25) is 0 Å². The van der Waals surface area contributed by atoms with Crippen LogP contribution in [0.5, 0.6) is 5.75 Å². The largest absolute Gasteiger partial charge is 0.497 e. The van der Waals surface area contributed by atoms with E-state index >= 15 is 0 Å². The number of aryl methyl sites for hydroxylation is 1. The number of sulfonamides is 1. The zero-order valence-electron chi connectivity index (χ0n) is 17.7. The zero-order chi connectivity index (χ0) is 22.6. The number of carbonyl (C=O) groups excluding carboxylic acids is 1. The Morgan fingerprint density at radius 1 is 1.03 bits per heavy atom. The van der Waals surface area contributed by atoms with Crippen molar-refractivity contribution in [2.75, 3.05) is 23.3 Å². The highest BCUT2D eigenvalue weighted by atomic mass is 32.2. The second kappa shape index (κ2) is 9.28. The number of ether oxygens (including phenoxy) is 1. The van der Waals surface area contributed by atoms with Crippen LogP contribution in [-0.4, -0.2) is 28.0 Å². The minimum absolute atomic E-state index is 0.116. The fraction of sp³-hybridized carbons (Fsp3) is 0.160. The average Bonchev–Trinajstić information content (AvgIpc) is 2.82. The molecule has 0 saturated carbocycles. The summed E-state index contributed by atoms with van der Waals surface area (Å²) in [5.41, 5.74) is 3.65. The predicted octanol–water partition coefficient (Wildman–Crippen LogP) is 4.70.